The lowest BCUT2D eigenvalue weighted by Crippen LogP contribution is -2.05. The second-order valence-electron chi connectivity index (χ2n) is 3.84. The highest BCUT2D eigenvalue weighted by atomic mass is 16.5. The molecule has 0 saturated carbocycles. The smallest absolute Gasteiger partial charge is 0.197 e. The Morgan fingerprint density at radius 2 is 1.53 bits per heavy atom. The number of ketones is 1. The number of para-hydroxylation sites is 1. The number of rotatable bonds is 3. The number of ether oxygens (including phenoxy) is 1. The third kappa shape index (κ3) is 2.21. The molecule has 0 N–H and O–H groups in total. The van der Waals surface area contributed by atoms with E-state index in [1.807, 2.05) is 43.3 Å². The van der Waals surface area contributed by atoms with Crippen molar-refractivity contribution < 1.29 is 9.53 Å². The van der Waals surface area contributed by atoms with Gasteiger partial charge in [0.15, 0.2) is 5.78 Å². The van der Waals surface area contributed by atoms with Crippen LogP contribution in [0.5, 0.6) is 5.75 Å². The van der Waals surface area contributed by atoms with Crippen molar-refractivity contribution in [2.45, 2.75) is 6.92 Å². The van der Waals surface area contributed by atoms with Gasteiger partial charge in [-0.2, -0.15) is 0 Å². The van der Waals surface area contributed by atoms with Crippen LogP contribution in [0.25, 0.3) is 0 Å². The van der Waals surface area contributed by atoms with Gasteiger partial charge in [-0.1, -0.05) is 36.4 Å². The van der Waals surface area contributed by atoms with E-state index in [0.717, 1.165) is 11.1 Å². The Hall–Kier alpha value is -2.09. The summed E-state index contributed by atoms with van der Waals surface area (Å²) in [5.74, 6) is 0.612. The van der Waals surface area contributed by atoms with Crippen LogP contribution in [-0.2, 0) is 0 Å². The minimum absolute atomic E-state index is 0.000509. The Balaban J connectivity index is 2.48. The van der Waals surface area contributed by atoms with Crippen molar-refractivity contribution in [1.29, 1.82) is 0 Å². The van der Waals surface area contributed by atoms with E-state index in [4.69, 9.17) is 4.74 Å². The third-order valence-corrected chi connectivity index (χ3v) is 2.74. The molecule has 0 aliphatic carbocycles. The third-order valence-electron chi connectivity index (χ3n) is 2.74. The summed E-state index contributed by atoms with van der Waals surface area (Å²) in [4.78, 5) is 12.4. The number of methoxy groups -OCH3 is 1. The van der Waals surface area contributed by atoms with E-state index in [1.54, 1.807) is 19.2 Å². The van der Waals surface area contributed by atoms with E-state index in [0.29, 0.717) is 11.3 Å². The quantitative estimate of drug-likeness (QED) is 0.751. The summed E-state index contributed by atoms with van der Waals surface area (Å²) in [6.07, 6.45) is 0. The largest absolute Gasteiger partial charge is 0.496 e. The molecule has 0 heterocycles. The van der Waals surface area contributed by atoms with Crippen molar-refractivity contribution in [3.05, 3.63) is 65.2 Å². The number of aryl methyl sites for hydroxylation is 1. The van der Waals surface area contributed by atoms with Gasteiger partial charge in [0.2, 0.25) is 0 Å². The minimum Gasteiger partial charge on any atom is -0.496 e. The Morgan fingerprint density at radius 3 is 2.18 bits per heavy atom. The molecule has 2 heteroatoms. The van der Waals surface area contributed by atoms with Crippen LogP contribution in [0.3, 0.4) is 0 Å². The summed E-state index contributed by atoms with van der Waals surface area (Å²) in [6.45, 7) is 1.93. The fourth-order valence-corrected chi connectivity index (χ4v) is 1.80. The Bertz CT molecular complexity index is 544. The van der Waals surface area contributed by atoms with E-state index in [-0.39, 0.29) is 5.78 Å². The van der Waals surface area contributed by atoms with Gasteiger partial charge in [0.25, 0.3) is 0 Å². The van der Waals surface area contributed by atoms with Crippen molar-refractivity contribution in [2.24, 2.45) is 0 Å². The lowest BCUT2D eigenvalue weighted by molar-refractivity contribution is 0.103. The molecule has 0 aliphatic heterocycles. The molecule has 0 spiro atoms. The van der Waals surface area contributed by atoms with Gasteiger partial charge < -0.3 is 4.74 Å². The first-order valence-corrected chi connectivity index (χ1v) is 5.47. The predicted octanol–water partition coefficient (Wildman–Crippen LogP) is 3.23. The molecule has 86 valence electrons. The maximum Gasteiger partial charge on any atom is 0.197 e. The lowest BCUT2D eigenvalue weighted by Gasteiger charge is -2.08. The minimum atomic E-state index is 0.000509. The molecular weight excluding hydrogens is 212 g/mol. The monoisotopic (exact) mass is 226 g/mol. The zero-order valence-electron chi connectivity index (χ0n) is 9.94. The molecule has 2 rings (SSSR count). The standard InChI is InChI=1S/C15H14O2/c1-11-7-3-4-8-12(11)15(16)13-9-5-6-10-14(13)17-2/h3-10H,1-2H3. The second-order valence-corrected chi connectivity index (χ2v) is 3.84. The summed E-state index contributed by atoms with van der Waals surface area (Å²) >= 11 is 0. The van der Waals surface area contributed by atoms with Gasteiger partial charge in [-0.05, 0) is 24.6 Å². The van der Waals surface area contributed by atoms with E-state index >= 15 is 0 Å². The number of hydrogen-bond donors (Lipinski definition) is 0. The van der Waals surface area contributed by atoms with Gasteiger partial charge in [-0.3, -0.25) is 4.79 Å². The summed E-state index contributed by atoms with van der Waals surface area (Å²) in [5.41, 5.74) is 2.30. The van der Waals surface area contributed by atoms with Crippen LogP contribution in [0.1, 0.15) is 21.5 Å². The van der Waals surface area contributed by atoms with Gasteiger partial charge in [-0.25, -0.2) is 0 Å². The summed E-state index contributed by atoms with van der Waals surface area (Å²) in [7, 11) is 1.57. The normalized spacial score (nSPS) is 10.0. The van der Waals surface area contributed by atoms with Crippen molar-refractivity contribution in [3.8, 4) is 5.75 Å². The Kier molecular flexibility index (Phi) is 3.24. The fraction of sp³-hybridized carbons (Fsp3) is 0.133. The van der Waals surface area contributed by atoms with E-state index < -0.39 is 0 Å². The van der Waals surface area contributed by atoms with Crippen LogP contribution in [0.2, 0.25) is 0 Å². The molecule has 0 aromatic heterocycles. The SMILES string of the molecule is COc1ccccc1C(=O)c1ccccc1C. The predicted molar refractivity (Wildman–Crippen MR) is 67.6 cm³/mol. The van der Waals surface area contributed by atoms with Crippen LogP contribution < -0.4 is 4.74 Å². The average Bonchev–Trinajstić information content (AvgIpc) is 2.38. The van der Waals surface area contributed by atoms with E-state index in [1.165, 1.54) is 0 Å². The highest BCUT2D eigenvalue weighted by Crippen LogP contribution is 2.22. The van der Waals surface area contributed by atoms with Gasteiger partial charge >= 0.3 is 0 Å². The molecule has 17 heavy (non-hydrogen) atoms. The number of carbonyl (C=O) groups is 1. The average molecular weight is 226 g/mol. The fourth-order valence-electron chi connectivity index (χ4n) is 1.80. The molecule has 2 aromatic rings. The molecule has 0 fully saturated rings. The van der Waals surface area contributed by atoms with Crippen LogP contribution in [0.15, 0.2) is 48.5 Å². The second kappa shape index (κ2) is 4.83. The first-order chi connectivity index (χ1) is 8.24. The zero-order chi connectivity index (χ0) is 12.3. The van der Waals surface area contributed by atoms with E-state index in [9.17, 15) is 4.79 Å². The summed E-state index contributed by atoms with van der Waals surface area (Å²) < 4.78 is 5.21. The van der Waals surface area contributed by atoms with Gasteiger partial charge in [-0.15, -0.1) is 0 Å². The summed E-state index contributed by atoms with van der Waals surface area (Å²) in [5, 5.41) is 0. The molecule has 0 atom stereocenters. The van der Waals surface area contributed by atoms with Crippen molar-refractivity contribution in [1.82, 2.24) is 0 Å². The van der Waals surface area contributed by atoms with Gasteiger partial charge in [0.05, 0.1) is 12.7 Å². The topological polar surface area (TPSA) is 26.3 Å². The molecule has 0 radical (unpaired) electrons. The van der Waals surface area contributed by atoms with Gasteiger partial charge in [0, 0.05) is 5.56 Å². The van der Waals surface area contributed by atoms with Crippen LogP contribution in [0, 0.1) is 6.92 Å². The van der Waals surface area contributed by atoms with Crippen LogP contribution >= 0.6 is 0 Å². The maximum absolute atomic E-state index is 12.4. The summed E-state index contributed by atoms with van der Waals surface area (Å²) in [6, 6.07) is 14.8. The molecule has 2 nitrogen and oxygen atoms in total. The molecule has 0 unspecified atom stereocenters. The number of hydrogen-bond acceptors (Lipinski definition) is 2. The molecular formula is C15H14O2. The van der Waals surface area contributed by atoms with Crippen LogP contribution in [0.4, 0.5) is 0 Å². The Morgan fingerprint density at radius 1 is 0.941 bits per heavy atom. The van der Waals surface area contributed by atoms with Crippen LogP contribution in [-0.4, -0.2) is 12.9 Å². The van der Waals surface area contributed by atoms with Crippen molar-refractivity contribution in [2.75, 3.05) is 7.11 Å². The lowest BCUT2D eigenvalue weighted by atomic mass is 9.98. The highest BCUT2D eigenvalue weighted by molar-refractivity contribution is 6.11. The molecule has 0 bridgehead atoms. The first kappa shape index (κ1) is 11.4. The highest BCUT2D eigenvalue weighted by Gasteiger charge is 2.14. The van der Waals surface area contributed by atoms with Crippen molar-refractivity contribution >= 4 is 5.78 Å². The first-order valence-electron chi connectivity index (χ1n) is 5.47. The molecule has 0 aliphatic rings. The van der Waals surface area contributed by atoms with E-state index in [2.05, 4.69) is 0 Å². The maximum atomic E-state index is 12.4. The number of carbonyl (C=O) groups excluding carboxylic acids is 1. The van der Waals surface area contributed by atoms with Gasteiger partial charge in [0.1, 0.15) is 5.75 Å². The molecule has 0 amide bonds. The number of benzene rings is 2. The van der Waals surface area contributed by atoms with Crippen molar-refractivity contribution in [3.63, 3.8) is 0 Å². The molecule has 0 saturated heterocycles. The zero-order valence-corrected chi connectivity index (χ0v) is 9.94. The Labute approximate surface area is 101 Å². The molecule has 2 aromatic carbocycles.